The van der Waals surface area contributed by atoms with Crippen LogP contribution in [0, 0.1) is 0 Å². The van der Waals surface area contributed by atoms with Gasteiger partial charge in [-0.15, -0.1) is 0 Å². The van der Waals surface area contributed by atoms with Gasteiger partial charge in [0.25, 0.3) is 0 Å². The van der Waals surface area contributed by atoms with E-state index in [0.29, 0.717) is 19.3 Å². The van der Waals surface area contributed by atoms with E-state index < -0.39 is 6.10 Å². The summed E-state index contributed by atoms with van der Waals surface area (Å²) >= 11 is 0. The van der Waals surface area contributed by atoms with Gasteiger partial charge in [-0.2, -0.15) is 0 Å². The quantitative estimate of drug-likeness (QED) is 0.0262. The zero-order valence-corrected chi connectivity index (χ0v) is 46.1. The smallest absolute Gasteiger partial charge is 0.306 e. The lowest BCUT2D eigenvalue weighted by atomic mass is 10.0. The molecule has 0 fully saturated rings. The van der Waals surface area contributed by atoms with Crippen LogP contribution in [0.25, 0.3) is 0 Å². The molecule has 0 aliphatic heterocycles. The molecule has 402 valence electrons. The van der Waals surface area contributed by atoms with Crippen molar-refractivity contribution in [3.8, 4) is 0 Å². The Morgan fingerprint density at radius 2 is 0.522 bits per heavy atom. The van der Waals surface area contributed by atoms with Crippen molar-refractivity contribution in [3.05, 3.63) is 48.6 Å². The molecule has 0 aromatic rings. The fraction of sp³-hybridized carbons (Fsp3) is 0.825. The number of carbonyl (C=O) groups is 3. The fourth-order valence-electron chi connectivity index (χ4n) is 8.78. The average Bonchev–Trinajstić information content (AvgIpc) is 3.35. The maximum absolute atomic E-state index is 12.9. The highest BCUT2D eigenvalue weighted by molar-refractivity contribution is 5.71. The van der Waals surface area contributed by atoms with E-state index >= 15 is 0 Å². The SMILES string of the molecule is CCCCC/C=C\C/C=C\C/C=C\C/C=C\CCCCCC(=O)OC[C@H](COC(=O)CCCCCCCCCCCCCCCCCCC)OC(=O)CCCCCCCCCCCCCCCCC. The first kappa shape index (κ1) is 66.4. The number of unbranched alkanes of at least 4 members (excludes halogenated alkanes) is 36. The van der Waals surface area contributed by atoms with Gasteiger partial charge in [-0.25, -0.2) is 0 Å². The van der Waals surface area contributed by atoms with Crippen LogP contribution in [0.5, 0.6) is 0 Å². The molecule has 0 bridgehead atoms. The van der Waals surface area contributed by atoms with Crippen LogP contribution in [0.15, 0.2) is 48.6 Å². The molecule has 0 unspecified atom stereocenters. The van der Waals surface area contributed by atoms with Crippen LogP contribution >= 0.6 is 0 Å². The standard InChI is InChI=1S/C63H114O6/c1-4-7-10-13-16-19-22-25-28-30-31-33-36-38-41-44-47-50-53-56-62(65)68-59-60(69-63(66)57-54-51-48-45-42-39-34-27-24-21-18-15-12-9-6-3)58-67-61(64)55-52-49-46-43-40-37-35-32-29-26-23-20-17-14-11-8-5-2/h16,19,25,28,31,33,38,41,60H,4-15,17-18,20-24,26-27,29-30,32,34-37,39-40,42-59H2,1-3H3/b19-16-,28-25-,33-31-,41-38-/t60-/m0/s1. The molecule has 0 aromatic heterocycles. The van der Waals surface area contributed by atoms with Gasteiger partial charge in [0.05, 0.1) is 0 Å². The first-order valence-electron chi connectivity index (χ1n) is 30.1. The average molecular weight is 968 g/mol. The highest BCUT2D eigenvalue weighted by atomic mass is 16.6. The molecular formula is C63H114O6. The van der Waals surface area contributed by atoms with Crippen molar-refractivity contribution < 1.29 is 28.6 Å². The Balaban J connectivity index is 4.39. The van der Waals surface area contributed by atoms with Gasteiger partial charge in [-0.1, -0.05) is 281 Å². The molecule has 0 heterocycles. The highest BCUT2D eigenvalue weighted by Gasteiger charge is 2.19. The van der Waals surface area contributed by atoms with E-state index in [2.05, 4.69) is 69.4 Å². The summed E-state index contributed by atoms with van der Waals surface area (Å²) in [6, 6.07) is 0. The van der Waals surface area contributed by atoms with E-state index in [1.807, 2.05) is 0 Å². The highest BCUT2D eigenvalue weighted by Crippen LogP contribution is 2.17. The van der Waals surface area contributed by atoms with Crippen molar-refractivity contribution in [2.24, 2.45) is 0 Å². The van der Waals surface area contributed by atoms with E-state index in [0.717, 1.165) is 83.5 Å². The monoisotopic (exact) mass is 967 g/mol. The predicted octanol–water partition coefficient (Wildman–Crippen LogP) is 20.2. The second-order valence-corrected chi connectivity index (χ2v) is 20.3. The molecule has 0 aliphatic carbocycles. The molecule has 6 nitrogen and oxygen atoms in total. The van der Waals surface area contributed by atoms with E-state index in [9.17, 15) is 14.4 Å². The largest absolute Gasteiger partial charge is 0.462 e. The molecule has 0 N–H and O–H groups in total. The summed E-state index contributed by atoms with van der Waals surface area (Å²) < 4.78 is 16.9. The van der Waals surface area contributed by atoms with Gasteiger partial charge in [0.15, 0.2) is 6.10 Å². The molecule has 69 heavy (non-hydrogen) atoms. The first-order chi connectivity index (χ1) is 34.0. The summed E-state index contributed by atoms with van der Waals surface area (Å²) in [5.41, 5.74) is 0. The summed E-state index contributed by atoms with van der Waals surface area (Å²) in [5, 5.41) is 0. The number of hydrogen-bond acceptors (Lipinski definition) is 6. The van der Waals surface area contributed by atoms with Gasteiger partial charge in [0.2, 0.25) is 0 Å². The number of ether oxygens (including phenoxy) is 3. The van der Waals surface area contributed by atoms with E-state index in [1.54, 1.807) is 0 Å². The third kappa shape index (κ3) is 56.2. The minimum atomic E-state index is -0.783. The van der Waals surface area contributed by atoms with Gasteiger partial charge >= 0.3 is 17.9 Å². The summed E-state index contributed by atoms with van der Waals surface area (Å²) in [6.07, 6.45) is 71.0. The number of allylic oxidation sites excluding steroid dienone is 8. The normalized spacial score (nSPS) is 12.3. The molecule has 0 saturated carbocycles. The zero-order valence-electron chi connectivity index (χ0n) is 46.1. The summed E-state index contributed by atoms with van der Waals surface area (Å²) in [7, 11) is 0. The van der Waals surface area contributed by atoms with Crippen molar-refractivity contribution in [3.63, 3.8) is 0 Å². The van der Waals surface area contributed by atoms with Crippen LogP contribution in [0.1, 0.15) is 316 Å². The minimum Gasteiger partial charge on any atom is -0.462 e. The van der Waals surface area contributed by atoms with E-state index in [-0.39, 0.29) is 31.1 Å². The van der Waals surface area contributed by atoms with Crippen molar-refractivity contribution in [2.45, 2.75) is 322 Å². The van der Waals surface area contributed by atoms with Crippen LogP contribution in [0.4, 0.5) is 0 Å². The summed E-state index contributed by atoms with van der Waals surface area (Å²) in [4.78, 5) is 38.2. The Bertz CT molecular complexity index is 1200. The minimum absolute atomic E-state index is 0.0786. The zero-order chi connectivity index (χ0) is 50.0. The van der Waals surface area contributed by atoms with Crippen molar-refractivity contribution in [1.29, 1.82) is 0 Å². The topological polar surface area (TPSA) is 78.9 Å². The van der Waals surface area contributed by atoms with Crippen LogP contribution in [0.2, 0.25) is 0 Å². The summed E-state index contributed by atoms with van der Waals surface area (Å²) in [6.45, 7) is 6.63. The van der Waals surface area contributed by atoms with Gasteiger partial charge in [-0.05, 0) is 64.2 Å². The van der Waals surface area contributed by atoms with E-state index in [1.165, 1.54) is 193 Å². The fourth-order valence-corrected chi connectivity index (χ4v) is 8.78. The second-order valence-electron chi connectivity index (χ2n) is 20.3. The van der Waals surface area contributed by atoms with Crippen molar-refractivity contribution >= 4 is 17.9 Å². The van der Waals surface area contributed by atoms with E-state index in [4.69, 9.17) is 14.2 Å². The Hall–Kier alpha value is -2.63. The third-order valence-electron chi connectivity index (χ3n) is 13.3. The van der Waals surface area contributed by atoms with Crippen LogP contribution in [-0.2, 0) is 28.6 Å². The summed E-state index contributed by atoms with van der Waals surface area (Å²) in [5.74, 6) is -0.891. The Kier molecular flexibility index (Phi) is 55.7. The lowest BCUT2D eigenvalue weighted by Gasteiger charge is -2.18. The number of hydrogen-bond donors (Lipinski definition) is 0. The van der Waals surface area contributed by atoms with Crippen LogP contribution < -0.4 is 0 Å². The molecule has 0 aliphatic rings. The van der Waals surface area contributed by atoms with Gasteiger partial charge in [0.1, 0.15) is 13.2 Å². The molecule has 0 amide bonds. The molecule has 0 saturated heterocycles. The lowest BCUT2D eigenvalue weighted by Crippen LogP contribution is -2.30. The number of esters is 3. The number of carbonyl (C=O) groups excluding carboxylic acids is 3. The molecule has 1 atom stereocenters. The Morgan fingerprint density at radius 3 is 0.841 bits per heavy atom. The van der Waals surface area contributed by atoms with Crippen molar-refractivity contribution in [2.75, 3.05) is 13.2 Å². The van der Waals surface area contributed by atoms with Gasteiger partial charge in [0, 0.05) is 19.3 Å². The lowest BCUT2D eigenvalue weighted by molar-refractivity contribution is -0.167. The van der Waals surface area contributed by atoms with Gasteiger partial charge in [-0.3, -0.25) is 14.4 Å². The molecule has 0 spiro atoms. The Labute approximate surface area is 428 Å². The number of rotatable bonds is 55. The first-order valence-corrected chi connectivity index (χ1v) is 30.1. The van der Waals surface area contributed by atoms with Crippen molar-refractivity contribution in [1.82, 2.24) is 0 Å². The second kappa shape index (κ2) is 57.9. The maximum Gasteiger partial charge on any atom is 0.306 e. The molecule has 6 heteroatoms. The molecule has 0 radical (unpaired) electrons. The Morgan fingerprint density at radius 1 is 0.290 bits per heavy atom. The van der Waals surface area contributed by atoms with Gasteiger partial charge < -0.3 is 14.2 Å². The van der Waals surface area contributed by atoms with Crippen LogP contribution in [-0.4, -0.2) is 37.2 Å². The third-order valence-corrected chi connectivity index (χ3v) is 13.3. The molecule has 0 aromatic carbocycles. The van der Waals surface area contributed by atoms with Crippen LogP contribution in [0.3, 0.4) is 0 Å². The predicted molar refractivity (Wildman–Crippen MR) is 298 cm³/mol. The molecule has 0 rings (SSSR count). The maximum atomic E-state index is 12.9. The molecular weight excluding hydrogens is 853 g/mol.